The van der Waals surface area contributed by atoms with Crippen molar-refractivity contribution in [1.29, 1.82) is 0 Å². The molecule has 1 aliphatic rings. The third kappa shape index (κ3) is 5.18. The van der Waals surface area contributed by atoms with Crippen LogP contribution >= 0.6 is 27.7 Å². The number of hydrogen-bond acceptors (Lipinski definition) is 5. The van der Waals surface area contributed by atoms with Crippen LogP contribution in [0.3, 0.4) is 0 Å². The van der Waals surface area contributed by atoms with E-state index in [1.807, 2.05) is 37.3 Å². The maximum Gasteiger partial charge on any atom is 0.343 e. The zero-order valence-corrected chi connectivity index (χ0v) is 19.5. The number of imide groups is 1. The molecule has 1 saturated heterocycles. The monoisotopic (exact) mass is 507 g/mol. The summed E-state index contributed by atoms with van der Waals surface area (Å²) < 4.78 is 6.19. The lowest BCUT2D eigenvalue weighted by Crippen LogP contribution is -2.27. The number of carbonyl (C=O) groups is 3. The first-order valence-corrected chi connectivity index (χ1v) is 11.4. The Morgan fingerprint density at radius 2 is 1.75 bits per heavy atom. The number of nitrogens with zero attached hydrogens (tertiary/aromatic N) is 1. The Labute approximate surface area is 198 Å². The van der Waals surface area contributed by atoms with E-state index in [9.17, 15) is 14.4 Å². The molecule has 0 bridgehead atoms. The van der Waals surface area contributed by atoms with Crippen molar-refractivity contribution in [1.82, 2.24) is 4.90 Å². The highest BCUT2D eigenvalue weighted by molar-refractivity contribution is 9.10. The van der Waals surface area contributed by atoms with Gasteiger partial charge in [-0.15, -0.1) is 0 Å². The molecule has 4 rings (SSSR count). The van der Waals surface area contributed by atoms with Gasteiger partial charge in [0, 0.05) is 4.47 Å². The molecular formula is C25H18BrNO4S. The van der Waals surface area contributed by atoms with E-state index in [0.717, 1.165) is 32.9 Å². The van der Waals surface area contributed by atoms with E-state index in [1.54, 1.807) is 48.5 Å². The number of thioether (sulfide) groups is 1. The van der Waals surface area contributed by atoms with Gasteiger partial charge in [0.25, 0.3) is 11.1 Å². The van der Waals surface area contributed by atoms with Crippen molar-refractivity contribution in [2.75, 3.05) is 0 Å². The molecule has 0 aromatic heterocycles. The van der Waals surface area contributed by atoms with Crippen LogP contribution in [0.25, 0.3) is 6.08 Å². The van der Waals surface area contributed by atoms with Gasteiger partial charge in [0.05, 0.1) is 17.0 Å². The number of esters is 1. The molecule has 5 nitrogen and oxygen atoms in total. The van der Waals surface area contributed by atoms with Crippen molar-refractivity contribution in [3.8, 4) is 5.75 Å². The van der Waals surface area contributed by atoms with Crippen molar-refractivity contribution >= 4 is 50.9 Å². The Kier molecular flexibility index (Phi) is 6.58. The van der Waals surface area contributed by atoms with E-state index in [0.29, 0.717) is 16.2 Å². The van der Waals surface area contributed by atoms with Crippen LogP contribution in [0.15, 0.2) is 82.2 Å². The zero-order valence-electron chi connectivity index (χ0n) is 17.1. The number of amides is 2. The Morgan fingerprint density at radius 3 is 2.44 bits per heavy atom. The molecule has 0 radical (unpaired) electrons. The molecule has 32 heavy (non-hydrogen) atoms. The largest absolute Gasteiger partial charge is 0.423 e. The maximum atomic E-state index is 12.7. The molecule has 3 aromatic carbocycles. The molecular weight excluding hydrogens is 490 g/mol. The van der Waals surface area contributed by atoms with Crippen LogP contribution in [0.4, 0.5) is 4.79 Å². The Bertz CT molecular complexity index is 1220. The third-order valence-electron chi connectivity index (χ3n) is 4.78. The van der Waals surface area contributed by atoms with E-state index >= 15 is 0 Å². The minimum Gasteiger partial charge on any atom is -0.423 e. The van der Waals surface area contributed by atoms with Gasteiger partial charge in [-0.3, -0.25) is 14.5 Å². The predicted molar refractivity (Wildman–Crippen MR) is 128 cm³/mol. The molecule has 0 unspecified atom stereocenters. The quantitative estimate of drug-likeness (QED) is 0.233. The number of rotatable bonds is 5. The van der Waals surface area contributed by atoms with Crippen molar-refractivity contribution in [2.24, 2.45) is 0 Å². The number of aryl methyl sites for hydroxylation is 1. The molecule has 0 saturated carbocycles. The van der Waals surface area contributed by atoms with Crippen LogP contribution < -0.4 is 4.74 Å². The SMILES string of the molecule is Cc1ccc(CN2C(=O)S/C(=C\c3ccc(OC(=O)c4cccc(Br)c4)cc3)C2=O)cc1. The minimum absolute atomic E-state index is 0.243. The lowest BCUT2D eigenvalue weighted by atomic mass is 10.1. The Hall–Kier alpha value is -3.16. The lowest BCUT2D eigenvalue weighted by Gasteiger charge is -2.12. The summed E-state index contributed by atoms with van der Waals surface area (Å²) in [7, 11) is 0. The first kappa shape index (κ1) is 22.0. The average Bonchev–Trinajstić information content (AvgIpc) is 3.04. The summed E-state index contributed by atoms with van der Waals surface area (Å²) in [5, 5.41) is -0.290. The van der Waals surface area contributed by atoms with Gasteiger partial charge < -0.3 is 4.74 Å². The zero-order chi connectivity index (χ0) is 22.7. The molecule has 1 heterocycles. The molecule has 1 aliphatic heterocycles. The first-order chi connectivity index (χ1) is 15.4. The van der Waals surface area contributed by atoms with Gasteiger partial charge in [-0.05, 0) is 66.2 Å². The predicted octanol–water partition coefficient (Wildman–Crippen LogP) is 6.21. The summed E-state index contributed by atoms with van der Waals surface area (Å²) in [5.41, 5.74) is 3.18. The fraction of sp³-hybridized carbons (Fsp3) is 0.0800. The summed E-state index contributed by atoms with van der Waals surface area (Å²) >= 11 is 4.25. The Morgan fingerprint density at radius 1 is 1.03 bits per heavy atom. The number of carbonyl (C=O) groups excluding carboxylic acids is 3. The average molecular weight is 508 g/mol. The van der Waals surface area contributed by atoms with Crippen LogP contribution in [0.2, 0.25) is 0 Å². The molecule has 0 aliphatic carbocycles. The topological polar surface area (TPSA) is 63.7 Å². The van der Waals surface area contributed by atoms with Crippen molar-refractivity contribution in [3.05, 3.63) is 104 Å². The van der Waals surface area contributed by atoms with Gasteiger partial charge in [0.1, 0.15) is 5.75 Å². The Balaban J connectivity index is 1.43. The molecule has 0 spiro atoms. The van der Waals surface area contributed by atoms with Crippen LogP contribution in [-0.4, -0.2) is 22.0 Å². The summed E-state index contributed by atoms with van der Waals surface area (Å²) in [4.78, 5) is 39.0. The number of halogens is 1. The lowest BCUT2D eigenvalue weighted by molar-refractivity contribution is -0.123. The van der Waals surface area contributed by atoms with Gasteiger partial charge in [0.15, 0.2) is 0 Å². The second-order valence-electron chi connectivity index (χ2n) is 7.22. The molecule has 0 atom stereocenters. The van der Waals surface area contributed by atoms with Crippen LogP contribution in [-0.2, 0) is 11.3 Å². The second-order valence-corrected chi connectivity index (χ2v) is 9.13. The van der Waals surface area contributed by atoms with Crippen LogP contribution in [0.1, 0.15) is 27.0 Å². The summed E-state index contributed by atoms with van der Waals surface area (Å²) in [6.07, 6.45) is 1.67. The minimum atomic E-state index is -0.462. The van der Waals surface area contributed by atoms with E-state index in [1.165, 1.54) is 4.90 Å². The van der Waals surface area contributed by atoms with Crippen molar-refractivity contribution in [3.63, 3.8) is 0 Å². The first-order valence-electron chi connectivity index (χ1n) is 9.78. The molecule has 3 aromatic rings. The molecule has 0 N–H and O–H groups in total. The fourth-order valence-corrected chi connectivity index (χ4v) is 4.31. The van der Waals surface area contributed by atoms with Gasteiger partial charge in [0.2, 0.25) is 0 Å². The summed E-state index contributed by atoms with van der Waals surface area (Å²) in [5.74, 6) is -0.387. The van der Waals surface area contributed by atoms with Gasteiger partial charge in [-0.2, -0.15) is 0 Å². The summed E-state index contributed by atoms with van der Waals surface area (Å²) in [6.45, 7) is 2.23. The fourth-order valence-electron chi connectivity index (χ4n) is 3.08. The molecule has 1 fully saturated rings. The third-order valence-corrected chi connectivity index (χ3v) is 6.18. The smallest absolute Gasteiger partial charge is 0.343 e. The molecule has 7 heteroatoms. The van der Waals surface area contributed by atoms with E-state index < -0.39 is 5.97 Å². The van der Waals surface area contributed by atoms with E-state index in [4.69, 9.17) is 4.74 Å². The highest BCUT2D eigenvalue weighted by atomic mass is 79.9. The van der Waals surface area contributed by atoms with Gasteiger partial charge in [-0.1, -0.05) is 64.0 Å². The maximum absolute atomic E-state index is 12.7. The summed E-state index contributed by atoms with van der Waals surface area (Å²) in [6, 6.07) is 21.4. The van der Waals surface area contributed by atoms with Crippen molar-refractivity contribution < 1.29 is 19.1 Å². The van der Waals surface area contributed by atoms with Crippen molar-refractivity contribution in [2.45, 2.75) is 13.5 Å². The highest BCUT2D eigenvalue weighted by Crippen LogP contribution is 2.33. The van der Waals surface area contributed by atoms with Gasteiger partial charge in [-0.25, -0.2) is 4.79 Å². The van der Waals surface area contributed by atoms with Crippen LogP contribution in [0.5, 0.6) is 5.75 Å². The van der Waals surface area contributed by atoms with Crippen LogP contribution in [0, 0.1) is 6.92 Å². The molecule has 2 amide bonds. The van der Waals surface area contributed by atoms with E-state index in [-0.39, 0.29) is 17.7 Å². The standard InChI is InChI=1S/C25H18BrNO4S/c1-16-5-7-18(8-6-16)15-27-23(28)22(32-25(27)30)13-17-9-11-21(12-10-17)31-24(29)19-3-2-4-20(26)14-19/h2-14H,15H2,1H3/b22-13-. The van der Waals surface area contributed by atoms with E-state index in [2.05, 4.69) is 15.9 Å². The highest BCUT2D eigenvalue weighted by Gasteiger charge is 2.34. The number of ether oxygens (including phenoxy) is 1. The van der Waals surface area contributed by atoms with Gasteiger partial charge >= 0.3 is 5.97 Å². The molecule has 160 valence electrons. The second kappa shape index (κ2) is 9.54. The number of benzene rings is 3. The normalized spacial score (nSPS) is 14.8. The number of hydrogen-bond donors (Lipinski definition) is 0.